The molecule has 1 aromatic heterocycles. The summed E-state index contributed by atoms with van der Waals surface area (Å²) in [5, 5.41) is 0. The van der Waals surface area contributed by atoms with E-state index < -0.39 is 17.9 Å². The number of benzene rings is 2. The number of aromatic amines is 1. The summed E-state index contributed by atoms with van der Waals surface area (Å²) in [6.07, 6.45) is 0.840. The van der Waals surface area contributed by atoms with E-state index in [1.165, 1.54) is 12.1 Å². The van der Waals surface area contributed by atoms with Crippen LogP contribution in [0.4, 0.5) is 8.78 Å². The average Bonchev–Trinajstić information content (AvgIpc) is 3.27. The maximum atomic E-state index is 14.4. The highest BCUT2D eigenvalue weighted by molar-refractivity contribution is 5.81. The predicted octanol–water partition coefficient (Wildman–Crippen LogP) is 4.58. The Bertz CT molecular complexity index is 819. The Morgan fingerprint density at radius 3 is 2.38 bits per heavy atom. The number of hydrogen-bond acceptors (Lipinski definition) is 3. The minimum atomic E-state index is -0.701. The van der Waals surface area contributed by atoms with Crippen molar-refractivity contribution >= 4 is 11.0 Å². The Morgan fingerprint density at radius 2 is 1.71 bits per heavy atom. The van der Waals surface area contributed by atoms with E-state index in [4.69, 9.17) is 9.47 Å². The first-order valence-corrected chi connectivity index (χ1v) is 7.88. The predicted molar refractivity (Wildman–Crippen MR) is 87.4 cm³/mol. The van der Waals surface area contributed by atoms with Crippen molar-refractivity contribution in [3.8, 4) is 11.1 Å². The Kier molecular flexibility index (Phi) is 4.87. The third-order valence-electron chi connectivity index (χ3n) is 3.67. The fraction of sp³-hybridized carbons (Fsp3) is 0.278. The molecular formula is C18H18F2N2O2. The summed E-state index contributed by atoms with van der Waals surface area (Å²) in [4.78, 5) is 7.02. The Balaban J connectivity index is 0.000000815. The number of hydrogen-bond donors (Lipinski definition) is 1. The summed E-state index contributed by atoms with van der Waals surface area (Å²) in [5.74, 6) is -1.29. The number of ether oxygens (including phenoxy) is 2. The minimum absolute atomic E-state index is 0.0711. The molecule has 2 heterocycles. The summed E-state index contributed by atoms with van der Waals surface area (Å²) in [7, 11) is 0. The second kappa shape index (κ2) is 7.07. The van der Waals surface area contributed by atoms with Gasteiger partial charge in [0.1, 0.15) is 11.6 Å². The molecule has 24 heavy (non-hydrogen) atoms. The molecule has 1 aliphatic heterocycles. The SMILES string of the molecule is CC.Fc1cc(C2OCCO2)cc(F)c1-c1ccc2nc[nH]c2c1. The lowest BCUT2D eigenvalue weighted by atomic mass is 10.0. The van der Waals surface area contributed by atoms with Crippen molar-refractivity contribution in [1.29, 1.82) is 0 Å². The van der Waals surface area contributed by atoms with Gasteiger partial charge in [0.2, 0.25) is 0 Å². The summed E-state index contributed by atoms with van der Waals surface area (Å²) in [6, 6.07) is 7.55. The van der Waals surface area contributed by atoms with Crippen molar-refractivity contribution in [3.05, 3.63) is 53.9 Å². The molecule has 1 fully saturated rings. The molecule has 1 aliphatic rings. The molecule has 4 nitrogen and oxygen atoms in total. The van der Waals surface area contributed by atoms with Gasteiger partial charge in [-0.1, -0.05) is 19.9 Å². The lowest BCUT2D eigenvalue weighted by Crippen LogP contribution is -2.01. The molecule has 126 valence electrons. The quantitative estimate of drug-likeness (QED) is 0.747. The van der Waals surface area contributed by atoms with Crippen LogP contribution in [0.1, 0.15) is 25.7 Å². The van der Waals surface area contributed by atoms with Gasteiger partial charge in [-0.2, -0.15) is 0 Å². The normalized spacial score (nSPS) is 14.7. The van der Waals surface area contributed by atoms with Gasteiger partial charge >= 0.3 is 0 Å². The number of nitrogens with one attached hydrogen (secondary N) is 1. The Labute approximate surface area is 138 Å². The van der Waals surface area contributed by atoms with Gasteiger partial charge in [0.15, 0.2) is 6.29 Å². The average molecular weight is 332 g/mol. The molecule has 0 spiro atoms. The monoisotopic (exact) mass is 332 g/mol. The maximum Gasteiger partial charge on any atom is 0.184 e. The zero-order chi connectivity index (χ0) is 17.1. The standard InChI is InChI=1S/C16H12F2N2O2.C2H6/c17-11-5-10(16-21-3-4-22-16)6-12(18)15(11)9-1-2-13-14(7-9)20-8-19-13;1-2/h1-2,5-8,16H,3-4H2,(H,19,20);1-2H3. The van der Waals surface area contributed by atoms with Crippen LogP contribution in [0.2, 0.25) is 0 Å². The van der Waals surface area contributed by atoms with E-state index >= 15 is 0 Å². The van der Waals surface area contributed by atoms with Crippen LogP contribution in [0.5, 0.6) is 0 Å². The molecule has 6 heteroatoms. The minimum Gasteiger partial charge on any atom is -0.346 e. The second-order valence-corrected chi connectivity index (χ2v) is 5.07. The molecule has 0 radical (unpaired) electrons. The van der Waals surface area contributed by atoms with Crippen molar-refractivity contribution in [3.63, 3.8) is 0 Å². The molecule has 3 aromatic rings. The molecule has 0 saturated carbocycles. The Hall–Kier alpha value is -2.31. The van der Waals surface area contributed by atoms with Crippen LogP contribution in [0, 0.1) is 11.6 Å². The van der Waals surface area contributed by atoms with Gasteiger partial charge in [0, 0.05) is 5.56 Å². The van der Waals surface area contributed by atoms with Crippen molar-refractivity contribution in [2.45, 2.75) is 20.1 Å². The number of halogens is 2. The fourth-order valence-corrected chi connectivity index (χ4v) is 2.65. The third-order valence-corrected chi connectivity index (χ3v) is 3.67. The first-order valence-electron chi connectivity index (χ1n) is 7.88. The molecule has 0 aliphatic carbocycles. The van der Waals surface area contributed by atoms with Crippen LogP contribution in [0.3, 0.4) is 0 Å². The van der Waals surface area contributed by atoms with Crippen LogP contribution in [-0.4, -0.2) is 23.2 Å². The van der Waals surface area contributed by atoms with E-state index in [9.17, 15) is 8.78 Å². The van der Waals surface area contributed by atoms with Crippen molar-refractivity contribution in [1.82, 2.24) is 9.97 Å². The molecule has 0 bridgehead atoms. The molecule has 0 atom stereocenters. The summed E-state index contributed by atoms with van der Waals surface area (Å²) in [6.45, 7) is 4.85. The summed E-state index contributed by atoms with van der Waals surface area (Å²) < 4.78 is 39.3. The largest absolute Gasteiger partial charge is 0.346 e. The van der Waals surface area contributed by atoms with Gasteiger partial charge < -0.3 is 14.5 Å². The van der Waals surface area contributed by atoms with Gasteiger partial charge in [0.25, 0.3) is 0 Å². The van der Waals surface area contributed by atoms with Crippen LogP contribution in [-0.2, 0) is 9.47 Å². The van der Waals surface area contributed by atoms with E-state index in [0.717, 1.165) is 11.0 Å². The zero-order valence-corrected chi connectivity index (χ0v) is 13.5. The number of imidazole rings is 1. The molecule has 2 aromatic carbocycles. The van der Waals surface area contributed by atoms with Gasteiger partial charge in [-0.25, -0.2) is 13.8 Å². The number of rotatable bonds is 2. The van der Waals surface area contributed by atoms with E-state index in [1.807, 2.05) is 13.8 Å². The lowest BCUT2D eigenvalue weighted by molar-refractivity contribution is -0.0444. The topological polar surface area (TPSA) is 47.1 Å². The maximum absolute atomic E-state index is 14.4. The fourth-order valence-electron chi connectivity index (χ4n) is 2.65. The molecule has 0 amide bonds. The first kappa shape index (κ1) is 16.5. The molecule has 0 unspecified atom stereocenters. The highest BCUT2D eigenvalue weighted by Gasteiger charge is 2.22. The number of fused-ring (bicyclic) bond motifs is 1. The van der Waals surface area contributed by atoms with Gasteiger partial charge in [0.05, 0.1) is 36.1 Å². The third kappa shape index (κ3) is 3.02. The van der Waals surface area contributed by atoms with E-state index in [-0.39, 0.29) is 5.56 Å². The highest BCUT2D eigenvalue weighted by Crippen LogP contribution is 2.32. The van der Waals surface area contributed by atoms with Crippen molar-refractivity contribution in [2.24, 2.45) is 0 Å². The second-order valence-electron chi connectivity index (χ2n) is 5.07. The number of aromatic nitrogens is 2. The molecular weight excluding hydrogens is 314 g/mol. The zero-order valence-electron chi connectivity index (χ0n) is 13.5. The van der Waals surface area contributed by atoms with Crippen molar-refractivity contribution < 1.29 is 18.3 Å². The van der Waals surface area contributed by atoms with Crippen LogP contribution in [0.25, 0.3) is 22.2 Å². The number of H-pyrrole nitrogens is 1. The van der Waals surface area contributed by atoms with Gasteiger partial charge in [-0.15, -0.1) is 0 Å². The molecule has 1 N–H and O–H groups in total. The molecule has 1 saturated heterocycles. The van der Waals surface area contributed by atoms with Crippen LogP contribution >= 0.6 is 0 Å². The smallest absolute Gasteiger partial charge is 0.184 e. The Morgan fingerprint density at radius 1 is 1.04 bits per heavy atom. The van der Waals surface area contributed by atoms with Crippen molar-refractivity contribution in [2.75, 3.05) is 13.2 Å². The van der Waals surface area contributed by atoms with Crippen LogP contribution < -0.4 is 0 Å². The first-order chi connectivity index (χ1) is 11.7. The van der Waals surface area contributed by atoms with E-state index in [1.54, 1.807) is 24.5 Å². The lowest BCUT2D eigenvalue weighted by Gasteiger charge is -2.12. The number of nitrogens with zero attached hydrogens (tertiary/aromatic N) is 1. The van der Waals surface area contributed by atoms with Crippen LogP contribution in [0.15, 0.2) is 36.7 Å². The molecule has 4 rings (SSSR count). The van der Waals surface area contributed by atoms with E-state index in [2.05, 4.69) is 9.97 Å². The van der Waals surface area contributed by atoms with Gasteiger partial charge in [-0.3, -0.25) is 0 Å². The highest BCUT2D eigenvalue weighted by atomic mass is 19.1. The van der Waals surface area contributed by atoms with Gasteiger partial charge in [-0.05, 0) is 29.8 Å². The van der Waals surface area contributed by atoms with E-state index in [0.29, 0.717) is 24.3 Å². The summed E-state index contributed by atoms with van der Waals surface area (Å²) in [5.41, 5.74) is 2.19. The summed E-state index contributed by atoms with van der Waals surface area (Å²) >= 11 is 0.